The Morgan fingerprint density at radius 1 is 1.53 bits per heavy atom. The molecule has 1 rings (SSSR count). The molecule has 88 valence electrons. The third-order valence-electron chi connectivity index (χ3n) is 2.01. The highest BCUT2D eigenvalue weighted by Crippen LogP contribution is 2.32. The number of unbranched alkanes of at least 4 members (excludes halogenated alkanes) is 1. The summed E-state index contributed by atoms with van der Waals surface area (Å²) in [7, 11) is 0. The first-order valence-electron chi connectivity index (χ1n) is 5.22. The van der Waals surface area contributed by atoms with Crippen LogP contribution < -0.4 is 4.74 Å². The molecule has 0 saturated heterocycles. The zero-order valence-corrected chi connectivity index (χ0v) is 11.1. The molecule has 0 amide bonds. The summed E-state index contributed by atoms with van der Waals surface area (Å²) in [6, 6.07) is 5.36. The molecule has 1 aromatic carbocycles. The number of aliphatic imine (C=N–C) groups is 1. The first-order valence-corrected chi connectivity index (χ1v) is 6.45. The highest BCUT2D eigenvalue weighted by molar-refractivity contribution is 8.03. The number of thioether (sulfide) groups is 1. The van der Waals surface area contributed by atoms with Gasteiger partial charge in [0.2, 0.25) is 0 Å². The van der Waals surface area contributed by atoms with Crippen molar-refractivity contribution < 1.29 is 4.74 Å². The Hall–Kier alpha value is -1.34. The largest absolute Gasteiger partial charge is 0.492 e. The van der Waals surface area contributed by atoms with Gasteiger partial charge < -0.3 is 4.74 Å². The summed E-state index contributed by atoms with van der Waals surface area (Å²) in [6.45, 7) is 2.74. The second-order valence-electron chi connectivity index (χ2n) is 3.23. The fourth-order valence-corrected chi connectivity index (χ4v) is 1.75. The molecule has 17 heavy (non-hydrogen) atoms. The van der Waals surface area contributed by atoms with Gasteiger partial charge in [0.15, 0.2) is 0 Å². The number of hydrogen-bond acceptors (Lipinski definition) is 5. The molecule has 0 fully saturated rings. The number of nitriles is 1. The number of thiocyanates is 1. The molecule has 1 aromatic rings. The minimum Gasteiger partial charge on any atom is -0.492 e. The fourth-order valence-electron chi connectivity index (χ4n) is 1.19. The van der Waals surface area contributed by atoms with Crippen molar-refractivity contribution in [3.63, 3.8) is 0 Å². The van der Waals surface area contributed by atoms with Gasteiger partial charge in [0, 0.05) is 6.07 Å². The summed E-state index contributed by atoms with van der Waals surface area (Å²) in [5.74, 6) is 0.677. The molecule has 0 bridgehead atoms. The van der Waals surface area contributed by atoms with E-state index in [1.165, 1.54) is 0 Å². The third kappa shape index (κ3) is 4.58. The number of ether oxygens (including phenoxy) is 1. The molecule has 0 saturated carbocycles. The maximum Gasteiger partial charge on any atom is 0.138 e. The minimum absolute atomic E-state index is 0.639. The van der Waals surface area contributed by atoms with Gasteiger partial charge in [-0.25, -0.2) is 0 Å². The van der Waals surface area contributed by atoms with Crippen LogP contribution in [0, 0.1) is 10.7 Å². The van der Waals surface area contributed by atoms with Gasteiger partial charge in [0.05, 0.1) is 22.4 Å². The molecule has 0 atom stereocenters. The topological polar surface area (TPSA) is 45.4 Å². The fraction of sp³-hybridized carbons (Fsp3) is 0.333. The van der Waals surface area contributed by atoms with Crippen molar-refractivity contribution in [2.45, 2.75) is 24.7 Å². The lowest BCUT2D eigenvalue weighted by Crippen LogP contribution is -1.97. The molecular formula is C12H12N2OS2. The number of isothiocyanates is 1. The Labute approximate surface area is 111 Å². The molecule has 3 nitrogen and oxygen atoms in total. The molecule has 0 heterocycles. The first kappa shape index (κ1) is 13.7. The molecule has 0 N–H and O–H groups in total. The smallest absolute Gasteiger partial charge is 0.138 e. The Kier molecular flexibility index (Phi) is 6.34. The highest BCUT2D eigenvalue weighted by Gasteiger charge is 2.05. The average molecular weight is 264 g/mol. The number of benzene rings is 1. The van der Waals surface area contributed by atoms with E-state index in [9.17, 15) is 0 Å². The van der Waals surface area contributed by atoms with Gasteiger partial charge in [-0.2, -0.15) is 10.3 Å². The normalized spacial score (nSPS) is 9.18. The summed E-state index contributed by atoms with van der Waals surface area (Å²) in [4.78, 5) is 4.69. The molecule has 0 aliphatic rings. The zero-order valence-electron chi connectivity index (χ0n) is 9.47. The van der Waals surface area contributed by atoms with Crippen molar-refractivity contribution in [1.29, 1.82) is 5.26 Å². The number of nitrogens with zero attached hydrogens (tertiary/aromatic N) is 2. The van der Waals surface area contributed by atoms with E-state index in [1.54, 1.807) is 18.2 Å². The van der Waals surface area contributed by atoms with Gasteiger partial charge in [0.25, 0.3) is 0 Å². The SMILES string of the molecule is CCCCOc1cc(N=C=S)ccc1SC#N. The average Bonchev–Trinajstić information content (AvgIpc) is 2.33. The number of thiocarbonyl (C=S) groups is 1. The Balaban J connectivity index is 2.90. The molecule has 0 aromatic heterocycles. The quantitative estimate of drug-likeness (QED) is 0.254. The maximum atomic E-state index is 8.69. The van der Waals surface area contributed by atoms with Gasteiger partial charge in [0.1, 0.15) is 11.2 Å². The number of hydrogen-bond donors (Lipinski definition) is 0. The molecule has 0 aliphatic heterocycles. The predicted molar refractivity (Wildman–Crippen MR) is 73.0 cm³/mol. The van der Waals surface area contributed by atoms with Gasteiger partial charge in [-0.1, -0.05) is 13.3 Å². The van der Waals surface area contributed by atoms with E-state index < -0.39 is 0 Å². The lowest BCUT2D eigenvalue weighted by atomic mass is 10.3. The van der Waals surface area contributed by atoms with Crippen LogP contribution in [0.5, 0.6) is 5.75 Å². The molecule has 5 heteroatoms. The standard InChI is InChI=1S/C12H12N2OS2/c1-2-3-6-15-11-7-10(14-9-16)4-5-12(11)17-8-13/h4-5,7H,2-3,6H2,1H3. The van der Waals surface area contributed by atoms with Crippen molar-refractivity contribution in [3.8, 4) is 11.2 Å². The van der Waals surface area contributed by atoms with E-state index in [0.717, 1.165) is 29.5 Å². The van der Waals surface area contributed by atoms with Crippen molar-refractivity contribution in [3.05, 3.63) is 18.2 Å². The lowest BCUT2D eigenvalue weighted by molar-refractivity contribution is 0.302. The van der Waals surface area contributed by atoms with E-state index in [-0.39, 0.29) is 0 Å². The summed E-state index contributed by atoms with van der Waals surface area (Å²) < 4.78 is 5.62. The van der Waals surface area contributed by atoms with Gasteiger partial charge >= 0.3 is 0 Å². The third-order valence-corrected chi connectivity index (χ3v) is 2.75. The van der Waals surface area contributed by atoms with Crippen LogP contribution in [0.1, 0.15) is 19.8 Å². The zero-order chi connectivity index (χ0) is 12.5. The maximum absolute atomic E-state index is 8.69. The van der Waals surface area contributed by atoms with Crippen LogP contribution in [0.25, 0.3) is 0 Å². The van der Waals surface area contributed by atoms with Crippen LogP contribution in [0.4, 0.5) is 5.69 Å². The van der Waals surface area contributed by atoms with Crippen LogP contribution in [0.2, 0.25) is 0 Å². The molecule has 0 aliphatic carbocycles. The van der Waals surface area contributed by atoms with Crippen LogP contribution in [-0.2, 0) is 0 Å². The summed E-state index contributed by atoms with van der Waals surface area (Å²) in [5, 5.41) is 13.0. The van der Waals surface area contributed by atoms with Crippen molar-refractivity contribution in [1.82, 2.24) is 0 Å². The first-order chi connectivity index (χ1) is 8.31. The molecular weight excluding hydrogens is 252 g/mol. The van der Waals surface area contributed by atoms with E-state index in [4.69, 9.17) is 10.00 Å². The second kappa shape index (κ2) is 7.86. The van der Waals surface area contributed by atoms with E-state index in [1.807, 2.05) is 5.40 Å². The Morgan fingerprint density at radius 3 is 3.00 bits per heavy atom. The molecule has 0 radical (unpaired) electrons. The highest BCUT2D eigenvalue weighted by atomic mass is 32.2. The van der Waals surface area contributed by atoms with Gasteiger partial charge in [-0.15, -0.1) is 0 Å². The molecule has 0 spiro atoms. The van der Waals surface area contributed by atoms with Crippen LogP contribution in [0.3, 0.4) is 0 Å². The van der Waals surface area contributed by atoms with Crippen molar-refractivity contribution in [2.24, 2.45) is 4.99 Å². The Bertz CT molecular complexity index is 462. The summed E-state index contributed by atoms with van der Waals surface area (Å²) in [5.41, 5.74) is 0.689. The lowest BCUT2D eigenvalue weighted by Gasteiger charge is -2.09. The summed E-state index contributed by atoms with van der Waals surface area (Å²) >= 11 is 5.63. The van der Waals surface area contributed by atoms with Crippen LogP contribution >= 0.6 is 24.0 Å². The molecule has 0 unspecified atom stereocenters. The van der Waals surface area contributed by atoms with Gasteiger partial charge in [-0.05, 0) is 42.5 Å². The van der Waals surface area contributed by atoms with E-state index in [0.29, 0.717) is 18.0 Å². The van der Waals surface area contributed by atoms with Gasteiger partial charge in [-0.3, -0.25) is 0 Å². The summed E-state index contributed by atoms with van der Waals surface area (Å²) in [6.07, 6.45) is 2.05. The van der Waals surface area contributed by atoms with E-state index in [2.05, 4.69) is 29.3 Å². The minimum atomic E-state index is 0.639. The second-order valence-corrected chi connectivity index (χ2v) is 4.24. The Morgan fingerprint density at radius 2 is 2.35 bits per heavy atom. The monoisotopic (exact) mass is 264 g/mol. The van der Waals surface area contributed by atoms with Crippen LogP contribution in [0.15, 0.2) is 28.1 Å². The number of rotatable bonds is 6. The van der Waals surface area contributed by atoms with Crippen molar-refractivity contribution >= 4 is 34.8 Å². The predicted octanol–water partition coefficient (Wildman–Crippen LogP) is 4.17. The van der Waals surface area contributed by atoms with E-state index >= 15 is 0 Å². The van der Waals surface area contributed by atoms with Crippen molar-refractivity contribution in [2.75, 3.05) is 6.61 Å². The van der Waals surface area contributed by atoms with Crippen LogP contribution in [-0.4, -0.2) is 11.8 Å².